The fraction of sp³-hybridized carbons (Fsp3) is 0.316. The number of aromatic amines is 2. The Bertz CT molecular complexity index is 2320. The van der Waals surface area contributed by atoms with Crippen molar-refractivity contribution in [2.24, 2.45) is 0 Å². The molecule has 0 spiro atoms. The summed E-state index contributed by atoms with van der Waals surface area (Å²) >= 11 is 0. The van der Waals surface area contributed by atoms with Crippen LogP contribution in [0.1, 0.15) is 132 Å². The predicted octanol–water partition coefficient (Wildman–Crippen LogP) is 4.58. The van der Waals surface area contributed by atoms with Crippen molar-refractivity contribution in [1.29, 1.82) is 0 Å². The van der Waals surface area contributed by atoms with Crippen LogP contribution in [0.3, 0.4) is 0 Å². The number of rotatable bonds is 4. The zero-order valence-corrected chi connectivity index (χ0v) is 31.8. The quantitative estimate of drug-likeness (QED) is 0.142. The van der Waals surface area contributed by atoms with Gasteiger partial charge in [-0.05, 0) is 38.1 Å². The van der Waals surface area contributed by atoms with E-state index < -0.39 is 24.0 Å². The number of amides is 4. The number of H-pyrrole nitrogens is 2. The normalized spacial score (nSPS) is 15.0. The van der Waals surface area contributed by atoms with Gasteiger partial charge in [0.15, 0.2) is 22.9 Å². The third-order valence-corrected chi connectivity index (χ3v) is 9.41. The number of carboxylic acid groups (broad SMARTS) is 2. The molecule has 2 aliphatic rings. The molecule has 0 fully saturated rings. The minimum atomic E-state index is -1.82. The summed E-state index contributed by atoms with van der Waals surface area (Å²) in [5.41, 5.74) is 4.94. The summed E-state index contributed by atoms with van der Waals surface area (Å²) in [6.45, 7) is 16.2. The Kier molecular flexibility index (Phi) is 9.70. The molecule has 2 aromatic carbocycles. The molecule has 4 N–H and O–H groups in total. The van der Waals surface area contributed by atoms with Gasteiger partial charge in [0.25, 0.3) is 23.6 Å². The lowest BCUT2D eigenvalue weighted by atomic mass is 9.93. The van der Waals surface area contributed by atoms with E-state index in [1.54, 1.807) is 71.4 Å². The van der Waals surface area contributed by atoms with Gasteiger partial charge in [0.1, 0.15) is 0 Å². The summed E-state index contributed by atoms with van der Waals surface area (Å²) < 4.78 is 3.49. The maximum absolute atomic E-state index is 12.7. The molecular weight excluding hydrogens is 724 g/mol. The van der Waals surface area contributed by atoms with Crippen molar-refractivity contribution < 1.29 is 39.0 Å². The second-order valence-corrected chi connectivity index (χ2v) is 15.4. The van der Waals surface area contributed by atoms with E-state index in [9.17, 15) is 19.2 Å². The number of hydrogen-bond acceptors (Lipinski definition) is 10. The zero-order chi connectivity index (χ0) is 41.0. The number of nitrogens with zero attached hydrogens (tertiary/aromatic N) is 8. The Morgan fingerprint density at radius 1 is 0.554 bits per heavy atom. The van der Waals surface area contributed by atoms with Crippen molar-refractivity contribution in [3.63, 3.8) is 0 Å². The summed E-state index contributed by atoms with van der Waals surface area (Å²) in [5, 5.41) is 38.1. The summed E-state index contributed by atoms with van der Waals surface area (Å²) in [6, 6.07) is 16.5. The van der Waals surface area contributed by atoms with Crippen molar-refractivity contribution in [2.75, 3.05) is 0 Å². The SMILES string of the molecule is CC(c1nnc2cc(C(C)(C)C)[nH]n12)N1C(=O)c2ccccc2C1=O.CC(c1nnc2cc(C(C)(C)C)[nH]n12)N1C(=O)c2ccccc2C1=O.O=C(O)C(=O)O. The van der Waals surface area contributed by atoms with Gasteiger partial charge in [0.05, 0.1) is 34.3 Å². The van der Waals surface area contributed by atoms with E-state index in [2.05, 4.69) is 72.1 Å². The minimum Gasteiger partial charge on any atom is -0.473 e. The van der Waals surface area contributed by atoms with Gasteiger partial charge < -0.3 is 10.2 Å². The molecule has 4 aromatic heterocycles. The molecule has 0 aliphatic carbocycles. The maximum Gasteiger partial charge on any atom is 0.414 e. The number of hydrogen-bond donors (Lipinski definition) is 4. The van der Waals surface area contributed by atoms with Crippen molar-refractivity contribution in [1.82, 2.24) is 49.4 Å². The molecule has 6 heterocycles. The average Bonchev–Trinajstić information content (AvgIpc) is 3.97. The molecule has 0 saturated carbocycles. The van der Waals surface area contributed by atoms with Crippen LogP contribution in [0.4, 0.5) is 0 Å². The van der Waals surface area contributed by atoms with Gasteiger partial charge in [-0.1, -0.05) is 65.8 Å². The van der Waals surface area contributed by atoms with Crippen LogP contribution >= 0.6 is 0 Å². The molecule has 0 radical (unpaired) electrons. The van der Waals surface area contributed by atoms with Crippen LogP contribution in [0.15, 0.2) is 60.7 Å². The number of carboxylic acids is 2. The van der Waals surface area contributed by atoms with Crippen LogP contribution in [0.25, 0.3) is 11.3 Å². The first-order valence-electron chi connectivity index (χ1n) is 17.5. The largest absolute Gasteiger partial charge is 0.473 e. The third kappa shape index (κ3) is 6.80. The van der Waals surface area contributed by atoms with Crippen LogP contribution in [-0.2, 0) is 20.4 Å². The lowest BCUT2D eigenvalue weighted by Crippen LogP contribution is -2.33. The number of imide groups is 2. The molecule has 2 atom stereocenters. The first kappa shape index (κ1) is 38.7. The summed E-state index contributed by atoms with van der Waals surface area (Å²) in [7, 11) is 0. The number of carbonyl (C=O) groups excluding carboxylic acids is 4. The molecule has 6 aromatic rings. The van der Waals surface area contributed by atoms with E-state index in [-0.39, 0.29) is 34.5 Å². The topological polar surface area (TPSA) is 241 Å². The molecule has 2 aliphatic heterocycles. The van der Waals surface area contributed by atoms with Crippen LogP contribution in [-0.4, -0.2) is 95.2 Å². The highest BCUT2D eigenvalue weighted by Gasteiger charge is 2.42. The van der Waals surface area contributed by atoms with Crippen LogP contribution in [0.5, 0.6) is 0 Å². The van der Waals surface area contributed by atoms with Gasteiger partial charge in [-0.3, -0.25) is 39.2 Å². The lowest BCUT2D eigenvalue weighted by molar-refractivity contribution is -0.159. The predicted molar refractivity (Wildman–Crippen MR) is 198 cm³/mol. The molecule has 4 amide bonds. The molecule has 56 heavy (non-hydrogen) atoms. The van der Waals surface area contributed by atoms with E-state index in [4.69, 9.17) is 19.8 Å². The standard InChI is InChI=1S/2C18H19N5O2.C2H2O4/c2*1-10(22-16(24)11-7-5-6-8-12(11)17(22)25)15-20-19-14-9-13(18(2,3)4)21-23(14)15;3-1(4)2(5)6/h2*5-10,21H,1-4H3;(H,3,4)(H,5,6). The number of fused-ring (bicyclic) bond motifs is 4. The Morgan fingerprint density at radius 3 is 1.09 bits per heavy atom. The fourth-order valence-corrected chi connectivity index (χ4v) is 6.26. The van der Waals surface area contributed by atoms with Gasteiger partial charge >= 0.3 is 11.9 Å². The summed E-state index contributed by atoms with van der Waals surface area (Å²) in [5.74, 6) is -3.79. The molecule has 18 nitrogen and oxygen atoms in total. The highest BCUT2D eigenvalue weighted by Crippen LogP contribution is 2.33. The monoisotopic (exact) mass is 764 g/mol. The smallest absolute Gasteiger partial charge is 0.414 e. The number of nitrogens with one attached hydrogen (secondary N) is 2. The van der Waals surface area contributed by atoms with Crippen LogP contribution < -0.4 is 0 Å². The van der Waals surface area contributed by atoms with E-state index in [1.807, 2.05) is 12.1 Å². The highest BCUT2D eigenvalue weighted by atomic mass is 16.4. The Morgan fingerprint density at radius 2 is 0.839 bits per heavy atom. The highest BCUT2D eigenvalue weighted by molar-refractivity contribution is 6.27. The lowest BCUT2D eigenvalue weighted by Gasteiger charge is -2.21. The first-order valence-corrected chi connectivity index (χ1v) is 17.5. The van der Waals surface area contributed by atoms with E-state index in [0.717, 1.165) is 11.4 Å². The minimum absolute atomic E-state index is 0.0727. The summed E-state index contributed by atoms with van der Waals surface area (Å²) in [6.07, 6.45) is 0. The second kappa shape index (κ2) is 14.0. The molecular formula is C38H40N10O8. The van der Waals surface area contributed by atoms with Crippen LogP contribution in [0.2, 0.25) is 0 Å². The van der Waals surface area contributed by atoms with Crippen molar-refractivity contribution >= 4 is 46.9 Å². The van der Waals surface area contributed by atoms with Crippen molar-refractivity contribution in [3.8, 4) is 0 Å². The van der Waals surface area contributed by atoms with Gasteiger partial charge in [-0.25, -0.2) is 18.6 Å². The zero-order valence-electron chi connectivity index (χ0n) is 31.8. The fourth-order valence-electron chi connectivity index (χ4n) is 6.26. The second-order valence-electron chi connectivity index (χ2n) is 15.4. The molecule has 0 bridgehead atoms. The van der Waals surface area contributed by atoms with Crippen LogP contribution in [0, 0.1) is 0 Å². The van der Waals surface area contributed by atoms with Crippen molar-refractivity contribution in [2.45, 2.75) is 78.3 Å². The third-order valence-electron chi connectivity index (χ3n) is 9.41. The van der Waals surface area contributed by atoms with Gasteiger partial charge in [0, 0.05) is 34.4 Å². The number of aromatic nitrogens is 8. The summed E-state index contributed by atoms with van der Waals surface area (Å²) in [4.78, 5) is 71.4. The first-order chi connectivity index (χ1) is 26.2. The Hall–Kier alpha value is -6.98. The number of carbonyl (C=O) groups is 6. The van der Waals surface area contributed by atoms with Gasteiger partial charge in [-0.15, -0.1) is 20.4 Å². The van der Waals surface area contributed by atoms with E-state index >= 15 is 0 Å². The van der Waals surface area contributed by atoms with E-state index in [1.165, 1.54) is 9.80 Å². The Labute approximate surface area is 319 Å². The number of aliphatic carboxylic acids is 2. The van der Waals surface area contributed by atoms with Gasteiger partial charge in [-0.2, -0.15) is 0 Å². The van der Waals surface area contributed by atoms with Crippen molar-refractivity contribution in [3.05, 3.63) is 106 Å². The Balaban J connectivity index is 0.000000166. The van der Waals surface area contributed by atoms with E-state index in [0.29, 0.717) is 45.2 Å². The van der Waals surface area contributed by atoms with Gasteiger partial charge in [0.2, 0.25) is 0 Å². The molecule has 8 rings (SSSR count). The molecule has 0 saturated heterocycles. The average molecular weight is 765 g/mol. The maximum atomic E-state index is 12.7. The number of benzene rings is 2. The molecule has 18 heteroatoms. The molecule has 290 valence electrons. The molecule has 2 unspecified atom stereocenters.